The lowest BCUT2D eigenvalue weighted by Gasteiger charge is -2.15. The van der Waals surface area contributed by atoms with Gasteiger partial charge in [0.25, 0.3) is 5.91 Å². The van der Waals surface area contributed by atoms with Crippen molar-refractivity contribution in [2.45, 2.75) is 17.2 Å². The van der Waals surface area contributed by atoms with Crippen molar-refractivity contribution in [3.8, 4) is 0 Å². The Morgan fingerprint density at radius 2 is 1.82 bits per heavy atom. The van der Waals surface area contributed by atoms with Crippen LogP contribution in [0.15, 0.2) is 29.2 Å². The Morgan fingerprint density at radius 3 is 2.29 bits per heavy atom. The van der Waals surface area contributed by atoms with Crippen LogP contribution < -0.4 is 5.32 Å². The average Bonchev–Trinajstić information content (AvgIpc) is 2.27. The summed E-state index contributed by atoms with van der Waals surface area (Å²) in [5.74, 6) is -5.06. The van der Waals surface area contributed by atoms with Gasteiger partial charge >= 0.3 is 12.3 Å². The molecule has 1 N–H and O–H groups in total. The first kappa shape index (κ1) is 13.8. The number of nitrogens with one attached hydrogen (secondary N) is 1. The predicted octanol–water partition coefficient (Wildman–Crippen LogP) is 2.61. The lowest BCUT2D eigenvalue weighted by molar-refractivity contribution is -0.123. The van der Waals surface area contributed by atoms with E-state index in [4.69, 9.17) is 0 Å². The number of benzene rings is 1. The molecule has 1 aromatic carbocycles. The number of carbonyl (C=O) groups excluding carboxylic acids is 1. The summed E-state index contributed by atoms with van der Waals surface area (Å²) in [6, 6.07) is 5.70. The van der Waals surface area contributed by atoms with Crippen molar-refractivity contribution in [2.24, 2.45) is 0 Å². The van der Waals surface area contributed by atoms with Gasteiger partial charge in [-0.05, 0) is 24.3 Å². The van der Waals surface area contributed by atoms with Crippen molar-refractivity contribution in [3.63, 3.8) is 0 Å². The maximum Gasteiger partial charge on any atom is 0.324 e. The third kappa shape index (κ3) is 3.92. The quantitative estimate of drug-likeness (QED) is 0.637. The van der Waals surface area contributed by atoms with E-state index in [-0.39, 0.29) is 5.56 Å². The van der Waals surface area contributed by atoms with Gasteiger partial charge < -0.3 is 5.32 Å². The van der Waals surface area contributed by atoms with Gasteiger partial charge in [-0.15, -0.1) is 12.6 Å². The smallest absolute Gasteiger partial charge is 0.324 e. The van der Waals surface area contributed by atoms with Crippen molar-refractivity contribution in [1.29, 1.82) is 0 Å². The zero-order valence-corrected chi connectivity index (χ0v) is 9.36. The Hall–Kier alpha value is -1.24. The number of halogens is 4. The highest BCUT2D eigenvalue weighted by atomic mass is 32.1. The van der Waals surface area contributed by atoms with Crippen molar-refractivity contribution in [2.75, 3.05) is 6.54 Å². The standard InChI is InChI=1S/C10H9F4NOS/c11-9(12)10(13,14)5-15-8(16)6-1-3-7(17)4-2-6/h1-4,9,17H,5H2,(H,15,16). The molecule has 0 radical (unpaired) electrons. The predicted molar refractivity (Wildman–Crippen MR) is 57.0 cm³/mol. The largest absolute Gasteiger partial charge is 0.346 e. The van der Waals surface area contributed by atoms with Crippen molar-refractivity contribution < 1.29 is 22.4 Å². The Bertz CT molecular complexity index is 394. The molecule has 17 heavy (non-hydrogen) atoms. The molecular formula is C10H9F4NOS. The van der Waals surface area contributed by atoms with Gasteiger partial charge in [-0.2, -0.15) is 8.78 Å². The molecule has 94 valence electrons. The van der Waals surface area contributed by atoms with Crippen LogP contribution in [0.5, 0.6) is 0 Å². The molecule has 1 aromatic rings. The summed E-state index contributed by atoms with van der Waals surface area (Å²) in [7, 11) is 0. The molecule has 0 saturated carbocycles. The van der Waals surface area contributed by atoms with Crippen LogP contribution >= 0.6 is 12.6 Å². The molecule has 0 aliphatic carbocycles. The van der Waals surface area contributed by atoms with Gasteiger partial charge in [0.15, 0.2) is 0 Å². The minimum absolute atomic E-state index is 0.105. The molecule has 0 heterocycles. The minimum atomic E-state index is -4.22. The molecule has 0 bridgehead atoms. The Morgan fingerprint density at radius 1 is 1.29 bits per heavy atom. The van der Waals surface area contributed by atoms with Crippen LogP contribution in [0.4, 0.5) is 17.6 Å². The summed E-state index contributed by atoms with van der Waals surface area (Å²) in [5.41, 5.74) is 0.105. The molecule has 7 heteroatoms. The normalized spacial score (nSPS) is 11.6. The monoisotopic (exact) mass is 267 g/mol. The lowest BCUT2D eigenvalue weighted by Crippen LogP contribution is -2.41. The fraction of sp³-hybridized carbons (Fsp3) is 0.300. The van der Waals surface area contributed by atoms with Crippen molar-refractivity contribution >= 4 is 18.5 Å². The van der Waals surface area contributed by atoms with Crippen LogP contribution in [-0.4, -0.2) is 24.8 Å². The molecule has 1 amide bonds. The van der Waals surface area contributed by atoms with Crippen molar-refractivity contribution in [1.82, 2.24) is 5.32 Å². The van der Waals surface area contributed by atoms with Crippen LogP contribution in [0.25, 0.3) is 0 Å². The second-order valence-corrected chi connectivity index (χ2v) is 3.81. The van der Waals surface area contributed by atoms with Gasteiger partial charge in [0.05, 0.1) is 6.54 Å². The Kier molecular flexibility index (Phi) is 4.39. The zero-order chi connectivity index (χ0) is 13.1. The second-order valence-electron chi connectivity index (χ2n) is 3.29. The average molecular weight is 267 g/mol. The highest BCUT2D eigenvalue weighted by Crippen LogP contribution is 2.21. The lowest BCUT2D eigenvalue weighted by atomic mass is 10.2. The third-order valence-corrected chi connectivity index (χ3v) is 2.23. The zero-order valence-electron chi connectivity index (χ0n) is 8.46. The van der Waals surface area contributed by atoms with Gasteiger partial charge in [-0.25, -0.2) is 8.78 Å². The number of rotatable bonds is 4. The summed E-state index contributed by atoms with van der Waals surface area (Å²) in [5, 5.41) is 1.75. The number of alkyl halides is 4. The molecule has 2 nitrogen and oxygen atoms in total. The van der Waals surface area contributed by atoms with Crippen LogP contribution in [-0.2, 0) is 0 Å². The van der Waals surface area contributed by atoms with Crippen LogP contribution in [0, 0.1) is 0 Å². The van der Waals surface area contributed by atoms with E-state index < -0.39 is 24.8 Å². The van der Waals surface area contributed by atoms with Gasteiger partial charge in [-0.1, -0.05) is 0 Å². The van der Waals surface area contributed by atoms with Gasteiger partial charge in [0.1, 0.15) is 0 Å². The first-order valence-electron chi connectivity index (χ1n) is 4.56. The molecular weight excluding hydrogens is 258 g/mol. The van der Waals surface area contributed by atoms with Crippen LogP contribution in [0.2, 0.25) is 0 Å². The first-order valence-corrected chi connectivity index (χ1v) is 5.01. The van der Waals surface area contributed by atoms with E-state index in [0.717, 1.165) is 0 Å². The number of thiol groups is 1. The number of carbonyl (C=O) groups is 1. The fourth-order valence-corrected chi connectivity index (χ4v) is 1.14. The molecule has 0 aromatic heterocycles. The first-order chi connectivity index (χ1) is 7.83. The van der Waals surface area contributed by atoms with Crippen molar-refractivity contribution in [3.05, 3.63) is 29.8 Å². The summed E-state index contributed by atoms with van der Waals surface area (Å²) >= 11 is 3.97. The SMILES string of the molecule is O=C(NCC(F)(F)C(F)F)c1ccc(S)cc1. The maximum absolute atomic E-state index is 12.5. The topological polar surface area (TPSA) is 29.1 Å². The molecule has 0 spiro atoms. The third-order valence-electron chi connectivity index (χ3n) is 1.93. The maximum atomic E-state index is 12.5. The Balaban J connectivity index is 2.59. The van der Waals surface area contributed by atoms with Gasteiger partial charge in [0, 0.05) is 10.5 Å². The van der Waals surface area contributed by atoms with E-state index >= 15 is 0 Å². The molecule has 1 rings (SSSR count). The molecule has 0 atom stereocenters. The number of hydrogen-bond acceptors (Lipinski definition) is 2. The number of hydrogen-bond donors (Lipinski definition) is 2. The van der Waals surface area contributed by atoms with E-state index in [9.17, 15) is 22.4 Å². The minimum Gasteiger partial charge on any atom is -0.346 e. The summed E-state index contributed by atoms with van der Waals surface area (Å²) in [6.45, 7) is -1.40. The van der Waals surface area contributed by atoms with Gasteiger partial charge in [0.2, 0.25) is 0 Å². The van der Waals surface area contributed by atoms with E-state index in [1.807, 2.05) is 0 Å². The summed E-state index contributed by atoms with van der Waals surface area (Å²) in [4.78, 5) is 11.9. The Labute approximate surface area is 100 Å². The highest BCUT2D eigenvalue weighted by Gasteiger charge is 2.40. The molecule has 0 aliphatic rings. The molecule has 0 aliphatic heterocycles. The van der Waals surface area contributed by atoms with E-state index in [1.54, 1.807) is 5.32 Å². The second kappa shape index (κ2) is 5.39. The molecule has 0 unspecified atom stereocenters. The van der Waals surface area contributed by atoms with Gasteiger partial charge in [-0.3, -0.25) is 4.79 Å². The number of amides is 1. The fourth-order valence-electron chi connectivity index (χ4n) is 0.990. The summed E-state index contributed by atoms with van der Waals surface area (Å²) < 4.78 is 48.6. The molecule has 0 saturated heterocycles. The molecule has 0 fully saturated rings. The van der Waals surface area contributed by atoms with E-state index in [2.05, 4.69) is 12.6 Å². The summed E-state index contributed by atoms with van der Waals surface area (Å²) in [6.07, 6.45) is -3.80. The van der Waals surface area contributed by atoms with E-state index in [1.165, 1.54) is 24.3 Å². The van der Waals surface area contributed by atoms with E-state index in [0.29, 0.717) is 4.90 Å². The van der Waals surface area contributed by atoms with Crippen LogP contribution in [0.3, 0.4) is 0 Å². The van der Waals surface area contributed by atoms with Crippen LogP contribution in [0.1, 0.15) is 10.4 Å². The highest BCUT2D eigenvalue weighted by molar-refractivity contribution is 7.80.